The van der Waals surface area contributed by atoms with Gasteiger partial charge in [0.1, 0.15) is 0 Å². The highest BCUT2D eigenvalue weighted by molar-refractivity contribution is 6.01. The van der Waals surface area contributed by atoms with Crippen LogP contribution in [0.15, 0.2) is 24.3 Å². The van der Waals surface area contributed by atoms with E-state index in [0.29, 0.717) is 13.0 Å². The maximum atomic E-state index is 11.7. The van der Waals surface area contributed by atoms with Gasteiger partial charge >= 0.3 is 0 Å². The lowest BCUT2D eigenvalue weighted by Crippen LogP contribution is -2.41. The molecule has 0 bridgehead atoms. The van der Waals surface area contributed by atoms with Crippen LogP contribution in [0.4, 0.5) is 5.69 Å². The van der Waals surface area contributed by atoms with Crippen molar-refractivity contribution in [2.45, 2.75) is 26.3 Å². The highest BCUT2D eigenvalue weighted by Gasteiger charge is 2.27. The zero-order chi connectivity index (χ0) is 12.8. The van der Waals surface area contributed by atoms with E-state index in [-0.39, 0.29) is 18.6 Å². The molecule has 0 saturated heterocycles. The van der Waals surface area contributed by atoms with Gasteiger partial charge in [0.2, 0.25) is 5.91 Å². The van der Waals surface area contributed by atoms with Crippen molar-refractivity contribution >= 4 is 11.6 Å². The number of anilines is 1. The zero-order valence-corrected chi connectivity index (χ0v) is 10.4. The van der Waals surface area contributed by atoms with Gasteiger partial charge < -0.3 is 15.7 Å². The minimum absolute atomic E-state index is 0.0556. The fourth-order valence-corrected chi connectivity index (χ4v) is 1.81. The van der Waals surface area contributed by atoms with Crippen molar-refractivity contribution in [1.29, 1.82) is 0 Å². The van der Waals surface area contributed by atoms with Crippen LogP contribution in [0.1, 0.15) is 19.4 Å². The van der Waals surface area contributed by atoms with E-state index < -0.39 is 0 Å². The van der Waals surface area contributed by atoms with Gasteiger partial charge in [0.05, 0.1) is 13.0 Å². The van der Waals surface area contributed by atoms with Crippen molar-refractivity contribution in [2.75, 3.05) is 18.1 Å². The maximum Gasteiger partial charge on any atom is 0.231 e. The first kappa shape index (κ1) is 13.7. The highest BCUT2D eigenvalue weighted by atomic mass is 16.3. The van der Waals surface area contributed by atoms with Crippen LogP contribution in [0.3, 0.4) is 0 Å². The number of rotatable bonds is 3. The molecule has 1 aliphatic heterocycles. The van der Waals surface area contributed by atoms with Gasteiger partial charge in [0.25, 0.3) is 0 Å². The van der Waals surface area contributed by atoms with Crippen LogP contribution in [-0.4, -0.2) is 30.2 Å². The Morgan fingerprint density at radius 2 is 2.06 bits per heavy atom. The van der Waals surface area contributed by atoms with E-state index in [1.165, 1.54) is 0 Å². The van der Waals surface area contributed by atoms with E-state index in [4.69, 9.17) is 10.8 Å². The summed E-state index contributed by atoms with van der Waals surface area (Å²) in [7, 11) is 0. The van der Waals surface area contributed by atoms with Crippen molar-refractivity contribution in [3.63, 3.8) is 0 Å². The second-order valence-corrected chi connectivity index (χ2v) is 3.75. The molecule has 0 radical (unpaired) electrons. The maximum absolute atomic E-state index is 11.7. The Hall–Kier alpha value is -1.39. The number of hydrogen-bond acceptors (Lipinski definition) is 3. The van der Waals surface area contributed by atoms with Gasteiger partial charge in [-0.3, -0.25) is 4.79 Å². The third-order valence-corrected chi connectivity index (χ3v) is 2.58. The molecule has 1 aromatic carbocycles. The molecule has 4 nitrogen and oxygen atoms in total. The number of hydrogen-bond donors (Lipinski definition) is 2. The van der Waals surface area contributed by atoms with Gasteiger partial charge in [0.15, 0.2) is 0 Å². The van der Waals surface area contributed by atoms with E-state index in [2.05, 4.69) is 0 Å². The Bertz CT molecular complexity index is 379. The normalized spacial score (nSPS) is 15.1. The van der Waals surface area contributed by atoms with Gasteiger partial charge in [-0.1, -0.05) is 32.0 Å². The van der Waals surface area contributed by atoms with Crippen molar-refractivity contribution in [3.05, 3.63) is 29.8 Å². The molecule has 1 unspecified atom stereocenters. The van der Waals surface area contributed by atoms with Crippen molar-refractivity contribution in [2.24, 2.45) is 5.73 Å². The fraction of sp³-hybridized carbons (Fsp3) is 0.462. The largest absolute Gasteiger partial charge is 0.395 e. The molecule has 2 rings (SSSR count). The molecule has 1 aliphatic rings. The number of fused-ring (bicyclic) bond motifs is 1. The number of amides is 1. The molecule has 94 valence electrons. The zero-order valence-electron chi connectivity index (χ0n) is 10.4. The molecular weight excluding hydrogens is 216 g/mol. The van der Waals surface area contributed by atoms with Crippen LogP contribution in [-0.2, 0) is 11.2 Å². The van der Waals surface area contributed by atoms with Gasteiger partial charge in [0, 0.05) is 18.3 Å². The number of carbonyl (C=O) groups is 1. The SMILES string of the molecule is CC.NC(CO)CN1C(=O)Cc2ccccc21. The standard InChI is InChI=1S/C11H14N2O2.C2H6/c12-9(7-14)6-13-10-4-2-1-3-8(10)5-11(13)15;1-2/h1-4,9,14H,5-7,12H2;1-2H3. The first-order chi connectivity index (χ1) is 8.22. The predicted molar refractivity (Wildman–Crippen MR) is 68.9 cm³/mol. The highest BCUT2D eigenvalue weighted by Crippen LogP contribution is 2.28. The minimum Gasteiger partial charge on any atom is -0.395 e. The third kappa shape index (κ3) is 3.05. The molecular formula is C13H20N2O2. The molecule has 1 aromatic rings. The van der Waals surface area contributed by atoms with E-state index in [1.807, 2.05) is 38.1 Å². The summed E-state index contributed by atoms with van der Waals surface area (Å²) in [6.45, 7) is 4.28. The summed E-state index contributed by atoms with van der Waals surface area (Å²) in [6, 6.07) is 7.29. The van der Waals surface area contributed by atoms with Gasteiger partial charge in [-0.05, 0) is 11.6 Å². The van der Waals surface area contributed by atoms with Crippen LogP contribution in [0, 0.1) is 0 Å². The smallest absolute Gasteiger partial charge is 0.231 e. The number of para-hydroxylation sites is 1. The Balaban J connectivity index is 0.000000686. The second kappa shape index (κ2) is 6.37. The average molecular weight is 236 g/mol. The Morgan fingerprint density at radius 1 is 1.41 bits per heavy atom. The van der Waals surface area contributed by atoms with Crippen molar-refractivity contribution < 1.29 is 9.90 Å². The van der Waals surface area contributed by atoms with Gasteiger partial charge in [-0.2, -0.15) is 0 Å². The fourth-order valence-electron chi connectivity index (χ4n) is 1.81. The number of nitrogens with two attached hydrogens (primary N) is 1. The van der Waals surface area contributed by atoms with E-state index >= 15 is 0 Å². The first-order valence-electron chi connectivity index (χ1n) is 5.97. The van der Waals surface area contributed by atoms with Gasteiger partial charge in [-0.25, -0.2) is 0 Å². The summed E-state index contributed by atoms with van der Waals surface area (Å²) in [6.07, 6.45) is 0.439. The van der Waals surface area contributed by atoms with Gasteiger partial charge in [-0.15, -0.1) is 0 Å². The Labute approximate surface area is 102 Å². The summed E-state index contributed by atoms with van der Waals surface area (Å²) in [5.41, 5.74) is 7.59. The number of aliphatic hydroxyl groups excluding tert-OH is 1. The molecule has 4 heteroatoms. The Kier molecular flexibility index (Phi) is 5.12. The lowest BCUT2D eigenvalue weighted by Gasteiger charge is -2.20. The first-order valence-corrected chi connectivity index (χ1v) is 5.97. The summed E-state index contributed by atoms with van der Waals surface area (Å²) in [5, 5.41) is 8.87. The number of nitrogens with zero attached hydrogens (tertiary/aromatic N) is 1. The van der Waals surface area contributed by atoms with Crippen LogP contribution >= 0.6 is 0 Å². The molecule has 1 amide bonds. The lowest BCUT2D eigenvalue weighted by molar-refractivity contribution is -0.117. The number of benzene rings is 1. The second-order valence-electron chi connectivity index (χ2n) is 3.75. The molecule has 1 atom stereocenters. The number of carbonyl (C=O) groups excluding carboxylic acids is 1. The monoisotopic (exact) mass is 236 g/mol. The van der Waals surface area contributed by atoms with Crippen LogP contribution in [0.5, 0.6) is 0 Å². The van der Waals surface area contributed by atoms with E-state index in [1.54, 1.807) is 4.90 Å². The summed E-state index contributed by atoms with van der Waals surface area (Å²) < 4.78 is 0. The van der Waals surface area contributed by atoms with Crippen molar-refractivity contribution in [1.82, 2.24) is 0 Å². The van der Waals surface area contributed by atoms with Crippen LogP contribution in [0.2, 0.25) is 0 Å². The topological polar surface area (TPSA) is 66.6 Å². The molecule has 0 fully saturated rings. The molecule has 0 saturated carbocycles. The van der Waals surface area contributed by atoms with Crippen molar-refractivity contribution in [3.8, 4) is 0 Å². The number of aliphatic hydroxyl groups is 1. The van der Waals surface area contributed by atoms with Crippen LogP contribution in [0.25, 0.3) is 0 Å². The average Bonchev–Trinajstić information content (AvgIpc) is 2.68. The molecule has 0 aliphatic carbocycles. The predicted octanol–water partition coefficient (Wildman–Crippen LogP) is 0.921. The third-order valence-electron chi connectivity index (χ3n) is 2.58. The summed E-state index contributed by atoms with van der Waals surface area (Å²) >= 11 is 0. The Morgan fingerprint density at radius 3 is 2.71 bits per heavy atom. The molecule has 1 heterocycles. The lowest BCUT2D eigenvalue weighted by atomic mass is 10.2. The molecule has 0 aromatic heterocycles. The van der Waals surface area contributed by atoms with E-state index in [9.17, 15) is 4.79 Å². The van der Waals surface area contributed by atoms with Crippen LogP contribution < -0.4 is 10.6 Å². The summed E-state index contributed by atoms with van der Waals surface area (Å²) in [5.74, 6) is 0.0556. The molecule has 3 N–H and O–H groups in total. The minimum atomic E-state index is -0.375. The van der Waals surface area contributed by atoms with E-state index in [0.717, 1.165) is 11.3 Å². The summed E-state index contributed by atoms with van der Waals surface area (Å²) in [4.78, 5) is 13.3. The molecule has 0 spiro atoms. The quantitative estimate of drug-likeness (QED) is 0.820. The molecule has 17 heavy (non-hydrogen) atoms.